The van der Waals surface area contributed by atoms with Gasteiger partial charge in [0.2, 0.25) is 0 Å². The average Bonchev–Trinajstić information content (AvgIpc) is 2.45. The Hall–Kier alpha value is -2.36. The molecule has 0 aromatic heterocycles. The molecule has 2 aromatic rings. The van der Waals surface area contributed by atoms with Crippen LogP contribution in [-0.2, 0) is 0 Å². The predicted octanol–water partition coefficient (Wildman–Crippen LogP) is 3.10. The van der Waals surface area contributed by atoms with Crippen LogP contribution in [0.25, 0.3) is 0 Å². The van der Waals surface area contributed by atoms with Crippen LogP contribution in [-0.4, -0.2) is 19.5 Å². The molecule has 0 saturated heterocycles. The quantitative estimate of drug-likeness (QED) is 0.591. The lowest BCUT2D eigenvalue weighted by molar-refractivity contribution is 0.111. The van der Waals surface area contributed by atoms with Crippen LogP contribution < -0.4 is 9.47 Å². The lowest BCUT2D eigenvalue weighted by Gasteiger charge is -2.10. The van der Waals surface area contributed by atoms with Gasteiger partial charge in [-0.3, -0.25) is 4.79 Å². The molecule has 3 nitrogen and oxygen atoms in total. The van der Waals surface area contributed by atoms with Crippen molar-refractivity contribution in [3.05, 3.63) is 59.9 Å². The van der Waals surface area contributed by atoms with E-state index in [0.717, 1.165) is 5.75 Å². The Balaban J connectivity index is 1.86. The molecular formula is C15H13FO3. The smallest absolute Gasteiger partial charge is 0.156 e. The zero-order chi connectivity index (χ0) is 13.5. The molecular weight excluding hydrogens is 247 g/mol. The van der Waals surface area contributed by atoms with Crippen molar-refractivity contribution in [2.24, 2.45) is 0 Å². The SMILES string of the molecule is O=Cc1c(F)cccc1OCCOc1ccccc1. The lowest BCUT2D eigenvalue weighted by Crippen LogP contribution is -2.10. The fourth-order valence-corrected chi connectivity index (χ4v) is 1.59. The third kappa shape index (κ3) is 3.55. The maximum absolute atomic E-state index is 13.3. The molecule has 0 heterocycles. The standard InChI is InChI=1S/C15H13FO3/c16-14-7-4-8-15(13(14)11-17)19-10-9-18-12-5-2-1-3-6-12/h1-8,11H,9-10H2. The number of carbonyl (C=O) groups excluding carboxylic acids is 1. The van der Waals surface area contributed by atoms with Gasteiger partial charge in [0, 0.05) is 0 Å². The van der Waals surface area contributed by atoms with Crippen LogP contribution >= 0.6 is 0 Å². The summed E-state index contributed by atoms with van der Waals surface area (Å²) in [7, 11) is 0. The third-order valence-electron chi connectivity index (χ3n) is 2.48. The summed E-state index contributed by atoms with van der Waals surface area (Å²) in [5, 5.41) is 0. The lowest BCUT2D eigenvalue weighted by atomic mass is 10.2. The van der Waals surface area contributed by atoms with Crippen molar-refractivity contribution >= 4 is 6.29 Å². The summed E-state index contributed by atoms with van der Waals surface area (Å²) >= 11 is 0. The minimum atomic E-state index is -0.587. The van der Waals surface area contributed by atoms with Crippen molar-refractivity contribution in [1.29, 1.82) is 0 Å². The second-order valence-corrected chi connectivity index (χ2v) is 3.78. The number of para-hydroxylation sites is 1. The molecule has 0 N–H and O–H groups in total. The van der Waals surface area contributed by atoms with Crippen molar-refractivity contribution in [2.45, 2.75) is 0 Å². The first-order chi connectivity index (χ1) is 9.31. The molecule has 4 heteroatoms. The van der Waals surface area contributed by atoms with E-state index in [9.17, 15) is 9.18 Å². The van der Waals surface area contributed by atoms with E-state index in [1.165, 1.54) is 12.1 Å². The Labute approximate surface area is 110 Å². The molecule has 98 valence electrons. The molecule has 0 saturated carbocycles. The van der Waals surface area contributed by atoms with Crippen molar-refractivity contribution < 1.29 is 18.7 Å². The Bertz CT molecular complexity index is 540. The van der Waals surface area contributed by atoms with Gasteiger partial charge >= 0.3 is 0 Å². The molecule has 0 aliphatic rings. The number of rotatable bonds is 6. The van der Waals surface area contributed by atoms with E-state index < -0.39 is 5.82 Å². The van der Waals surface area contributed by atoms with Gasteiger partial charge in [-0.2, -0.15) is 0 Å². The van der Waals surface area contributed by atoms with Gasteiger partial charge in [0.25, 0.3) is 0 Å². The number of carbonyl (C=O) groups is 1. The van der Waals surface area contributed by atoms with Crippen LogP contribution in [0.15, 0.2) is 48.5 Å². The number of aldehydes is 1. The molecule has 0 aliphatic heterocycles. The van der Waals surface area contributed by atoms with Crippen molar-refractivity contribution in [3.8, 4) is 11.5 Å². The Morgan fingerprint density at radius 1 is 0.947 bits per heavy atom. The predicted molar refractivity (Wildman–Crippen MR) is 69.2 cm³/mol. The molecule has 0 spiro atoms. The van der Waals surface area contributed by atoms with Crippen LogP contribution in [0.4, 0.5) is 4.39 Å². The topological polar surface area (TPSA) is 35.5 Å². The van der Waals surface area contributed by atoms with E-state index in [1.54, 1.807) is 6.07 Å². The van der Waals surface area contributed by atoms with Crippen LogP contribution in [0.3, 0.4) is 0 Å². The Morgan fingerprint density at radius 2 is 1.68 bits per heavy atom. The van der Waals surface area contributed by atoms with E-state index in [4.69, 9.17) is 9.47 Å². The van der Waals surface area contributed by atoms with Crippen LogP contribution in [0, 0.1) is 5.82 Å². The summed E-state index contributed by atoms with van der Waals surface area (Å²) < 4.78 is 24.0. The highest BCUT2D eigenvalue weighted by Gasteiger charge is 2.08. The van der Waals surface area contributed by atoms with Crippen molar-refractivity contribution in [3.63, 3.8) is 0 Å². The third-order valence-corrected chi connectivity index (χ3v) is 2.48. The molecule has 0 amide bonds. The molecule has 19 heavy (non-hydrogen) atoms. The minimum Gasteiger partial charge on any atom is -0.490 e. The second kappa shape index (κ2) is 6.54. The maximum atomic E-state index is 13.3. The van der Waals surface area contributed by atoms with Crippen LogP contribution in [0.2, 0.25) is 0 Å². The monoisotopic (exact) mass is 260 g/mol. The average molecular weight is 260 g/mol. The molecule has 0 radical (unpaired) electrons. The number of halogens is 1. The first-order valence-corrected chi connectivity index (χ1v) is 5.85. The molecule has 0 atom stereocenters. The van der Waals surface area contributed by atoms with E-state index in [-0.39, 0.29) is 17.9 Å². The summed E-state index contributed by atoms with van der Waals surface area (Å²) in [6.45, 7) is 0.554. The molecule has 0 aliphatic carbocycles. The normalized spacial score (nSPS) is 9.95. The van der Waals surface area contributed by atoms with Crippen LogP contribution in [0.5, 0.6) is 11.5 Å². The molecule has 2 aromatic carbocycles. The van der Waals surface area contributed by atoms with Crippen LogP contribution in [0.1, 0.15) is 10.4 Å². The zero-order valence-electron chi connectivity index (χ0n) is 10.2. The largest absolute Gasteiger partial charge is 0.490 e. The molecule has 2 rings (SSSR count). The van der Waals surface area contributed by atoms with E-state index >= 15 is 0 Å². The molecule has 0 fully saturated rings. The van der Waals surface area contributed by atoms with E-state index in [2.05, 4.69) is 0 Å². The maximum Gasteiger partial charge on any atom is 0.156 e. The summed E-state index contributed by atoms with van der Waals surface area (Å²) in [5.74, 6) is 0.379. The van der Waals surface area contributed by atoms with Gasteiger partial charge in [-0.15, -0.1) is 0 Å². The highest BCUT2D eigenvalue weighted by Crippen LogP contribution is 2.19. The van der Waals surface area contributed by atoms with Crippen molar-refractivity contribution in [2.75, 3.05) is 13.2 Å². The van der Waals surface area contributed by atoms with Gasteiger partial charge in [-0.05, 0) is 24.3 Å². The summed E-state index contributed by atoms with van der Waals surface area (Å²) in [6.07, 6.45) is 0.447. The van der Waals surface area contributed by atoms with Gasteiger partial charge < -0.3 is 9.47 Å². The fourth-order valence-electron chi connectivity index (χ4n) is 1.59. The van der Waals surface area contributed by atoms with Gasteiger partial charge in [0.05, 0.1) is 5.56 Å². The van der Waals surface area contributed by atoms with E-state index in [0.29, 0.717) is 12.9 Å². The van der Waals surface area contributed by atoms with Gasteiger partial charge in [0.1, 0.15) is 30.5 Å². The van der Waals surface area contributed by atoms with Crippen molar-refractivity contribution in [1.82, 2.24) is 0 Å². The summed E-state index contributed by atoms with van der Waals surface area (Å²) in [4.78, 5) is 10.8. The number of ether oxygens (including phenoxy) is 2. The fraction of sp³-hybridized carbons (Fsp3) is 0.133. The van der Waals surface area contributed by atoms with Gasteiger partial charge in [-0.25, -0.2) is 4.39 Å². The highest BCUT2D eigenvalue weighted by molar-refractivity contribution is 5.79. The molecule has 0 bridgehead atoms. The Morgan fingerprint density at radius 3 is 2.42 bits per heavy atom. The second-order valence-electron chi connectivity index (χ2n) is 3.78. The number of hydrogen-bond donors (Lipinski definition) is 0. The number of benzene rings is 2. The number of hydrogen-bond acceptors (Lipinski definition) is 3. The first kappa shape index (κ1) is 13.1. The first-order valence-electron chi connectivity index (χ1n) is 5.85. The Kier molecular flexibility index (Phi) is 4.50. The van der Waals surface area contributed by atoms with Gasteiger partial charge in [0.15, 0.2) is 6.29 Å². The van der Waals surface area contributed by atoms with E-state index in [1.807, 2.05) is 30.3 Å². The highest BCUT2D eigenvalue weighted by atomic mass is 19.1. The van der Waals surface area contributed by atoms with Gasteiger partial charge in [-0.1, -0.05) is 24.3 Å². The summed E-state index contributed by atoms with van der Waals surface area (Å²) in [5.41, 5.74) is -0.0674. The summed E-state index contributed by atoms with van der Waals surface area (Å²) in [6, 6.07) is 13.6. The minimum absolute atomic E-state index is 0.0674. The zero-order valence-corrected chi connectivity index (χ0v) is 10.2. The molecule has 0 unspecified atom stereocenters.